The van der Waals surface area contributed by atoms with Crippen LogP contribution in [-0.2, 0) is 6.42 Å². The average Bonchev–Trinajstić information content (AvgIpc) is 3.46. The van der Waals surface area contributed by atoms with Crippen LogP contribution in [0.5, 0.6) is 11.5 Å². The van der Waals surface area contributed by atoms with E-state index < -0.39 is 0 Å². The van der Waals surface area contributed by atoms with Crippen molar-refractivity contribution in [2.24, 2.45) is 0 Å². The monoisotopic (exact) mass is 433 g/mol. The predicted molar refractivity (Wildman–Crippen MR) is 125 cm³/mol. The zero-order valence-corrected chi connectivity index (χ0v) is 18.9. The summed E-state index contributed by atoms with van der Waals surface area (Å²) in [5.74, 6) is 1.66. The van der Waals surface area contributed by atoms with Crippen LogP contribution in [0.1, 0.15) is 42.1 Å². The van der Waals surface area contributed by atoms with Crippen LogP contribution in [0.4, 0.5) is 0 Å². The van der Waals surface area contributed by atoms with Crippen LogP contribution in [0.15, 0.2) is 60.9 Å². The third-order valence-electron chi connectivity index (χ3n) is 6.06. The molecule has 0 bridgehead atoms. The maximum absolute atomic E-state index is 12.5. The first kappa shape index (κ1) is 22.1. The number of aromatic nitrogens is 2. The highest BCUT2D eigenvalue weighted by Gasteiger charge is 2.19. The highest BCUT2D eigenvalue weighted by Crippen LogP contribution is 2.19. The molecule has 4 rings (SSSR count). The van der Waals surface area contributed by atoms with Gasteiger partial charge < -0.3 is 14.4 Å². The molecule has 1 atom stereocenters. The Morgan fingerprint density at radius 1 is 1.09 bits per heavy atom. The lowest BCUT2D eigenvalue weighted by atomic mass is 10.1. The first-order chi connectivity index (χ1) is 15.6. The molecular weight excluding hydrogens is 402 g/mol. The first-order valence-electron chi connectivity index (χ1n) is 11.3. The third kappa shape index (κ3) is 5.56. The molecule has 32 heavy (non-hydrogen) atoms. The minimum Gasteiger partial charge on any atom is -0.497 e. The summed E-state index contributed by atoms with van der Waals surface area (Å²) >= 11 is 0. The Kier molecular flexibility index (Phi) is 7.22. The van der Waals surface area contributed by atoms with Crippen LogP contribution in [-0.4, -0.2) is 53.3 Å². The number of ether oxygens (including phenoxy) is 2. The molecule has 0 saturated carbocycles. The van der Waals surface area contributed by atoms with Gasteiger partial charge in [0, 0.05) is 30.8 Å². The summed E-state index contributed by atoms with van der Waals surface area (Å²) in [6.07, 6.45) is 7.61. The van der Waals surface area contributed by atoms with Gasteiger partial charge in [0.15, 0.2) is 5.78 Å². The Bertz CT molecular complexity index is 1010. The second-order valence-corrected chi connectivity index (χ2v) is 8.34. The van der Waals surface area contributed by atoms with E-state index in [4.69, 9.17) is 9.47 Å². The van der Waals surface area contributed by atoms with Crippen molar-refractivity contribution < 1.29 is 14.3 Å². The lowest BCUT2D eigenvalue weighted by molar-refractivity contribution is 0.0993. The molecule has 1 saturated heterocycles. The van der Waals surface area contributed by atoms with Gasteiger partial charge in [0.25, 0.3) is 0 Å². The topological polar surface area (TPSA) is 56.6 Å². The minimum atomic E-state index is 0.0549. The van der Waals surface area contributed by atoms with Gasteiger partial charge in [-0.05, 0) is 86.8 Å². The molecule has 0 N–H and O–H groups in total. The maximum atomic E-state index is 12.5. The number of nitrogens with zero attached hydrogens (tertiary/aromatic N) is 3. The van der Waals surface area contributed by atoms with Gasteiger partial charge in [-0.25, -0.2) is 4.68 Å². The fraction of sp³-hybridized carbons (Fsp3) is 0.385. The van der Waals surface area contributed by atoms with E-state index in [0.29, 0.717) is 18.0 Å². The van der Waals surface area contributed by atoms with Gasteiger partial charge in [-0.2, -0.15) is 5.10 Å². The zero-order valence-electron chi connectivity index (χ0n) is 18.9. The van der Waals surface area contributed by atoms with Gasteiger partial charge >= 0.3 is 0 Å². The lowest BCUT2D eigenvalue weighted by Gasteiger charge is -2.20. The Morgan fingerprint density at radius 2 is 1.84 bits per heavy atom. The molecule has 0 radical (unpaired) electrons. The number of hydrogen-bond donors (Lipinski definition) is 0. The largest absolute Gasteiger partial charge is 0.497 e. The highest BCUT2D eigenvalue weighted by atomic mass is 16.5. The van der Waals surface area contributed by atoms with Gasteiger partial charge in [0.2, 0.25) is 0 Å². The molecule has 1 aliphatic heterocycles. The van der Waals surface area contributed by atoms with Crippen LogP contribution in [0, 0.1) is 0 Å². The highest BCUT2D eigenvalue weighted by molar-refractivity contribution is 5.97. The van der Waals surface area contributed by atoms with Gasteiger partial charge in [-0.3, -0.25) is 4.79 Å². The second kappa shape index (κ2) is 10.5. The molecule has 0 amide bonds. The quantitative estimate of drug-likeness (QED) is 0.347. The standard InChI is InChI=1S/C26H31N3O3/c1-20-5-3-14-28(20)15-4-16-32-25-12-8-23(9-13-25)29-19-21(18-27-29)17-26(30)22-6-10-24(31-2)11-7-22/h6-13,18-20H,3-5,14-17H2,1-2H3. The van der Waals surface area contributed by atoms with Crippen LogP contribution in [0.2, 0.25) is 0 Å². The van der Waals surface area contributed by atoms with Crippen molar-refractivity contribution in [2.75, 3.05) is 26.8 Å². The van der Waals surface area contributed by atoms with Crippen molar-refractivity contribution >= 4 is 5.78 Å². The van der Waals surface area contributed by atoms with Crippen molar-refractivity contribution in [3.05, 3.63) is 72.1 Å². The van der Waals surface area contributed by atoms with Gasteiger partial charge in [-0.1, -0.05) is 0 Å². The van der Waals surface area contributed by atoms with Crippen molar-refractivity contribution in [3.8, 4) is 17.2 Å². The van der Waals surface area contributed by atoms with Crippen molar-refractivity contribution in [2.45, 2.75) is 38.6 Å². The molecule has 1 fully saturated rings. The summed E-state index contributed by atoms with van der Waals surface area (Å²) in [6, 6.07) is 15.8. The Morgan fingerprint density at radius 3 is 2.53 bits per heavy atom. The van der Waals surface area contributed by atoms with Gasteiger partial charge in [0.05, 0.1) is 25.6 Å². The van der Waals surface area contributed by atoms with Crippen molar-refractivity contribution in [1.29, 1.82) is 0 Å². The number of carbonyl (C=O) groups excluding carboxylic acids is 1. The Hall–Kier alpha value is -3.12. The Balaban J connectivity index is 1.27. The molecule has 0 aliphatic carbocycles. The van der Waals surface area contributed by atoms with E-state index in [1.54, 1.807) is 42.3 Å². The van der Waals surface area contributed by atoms with E-state index in [1.807, 2.05) is 30.5 Å². The number of benzene rings is 2. The van der Waals surface area contributed by atoms with E-state index >= 15 is 0 Å². The van der Waals surface area contributed by atoms with E-state index in [9.17, 15) is 4.79 Å². The van der Waals surface area contributed by atoms with Gasteiger partial charge in [0.1, 0.15) is 11.5 Å². The van der Waals surface area contributed by atoms with Gasteiger partial charge in [-0.15, -0.1) is 0 Å². The van der Waals surface area contributed by atoms with Crippen LogP contribution < -0.4 is 9.47 Å². The molecule has 2 heterocycles. The summed E-state index contributed by atoms with van der Waals surface area (Å²) < 4.78 is 12.8. The predicted octanol–water partition coefficient (Wildman–Crippen LogP) is 4.56. The van der Waals surface area contributed by atoms with E-state index in [1.165, 1.54) is 19.4 Å². The molecule has 0 spiro atoms. The maximum Gasteiger partial charge on any atom is 0.167 e. The zero-order chi connectivity index (χ0) is 22.3. The number of carbonyl (C=O) groups is 1. The SMILES string of the molecule is COc1ccc(C(=O)Cc2cnn(-c3ccc(OCCCN4CCCC4C)cc3)c2)cc1. The molecule has 1 aliphatic rings. The molecule has 168 valence electrons. The number of rotatable bonds is 10. The summed E-state index contributed by atoms with van der Waals surface area (Å²) in [5.41, 5.74) is 2.48. The molecule has 6 nitrogen and oxygen atoms in total. The first-order valence-corrected chi connectivity index (χ1v) is 11.3. The van der Waals surface area contributed by atoms with Crippen molar-refractivity contribution in [1.82, 2.24) is 14.7 Å². The minimum absolute atomic E-state index is 0.0549. The fourth-order valence-corrected chi connectivity index (χ4v) is 4.13. The second-order valence-electron chi connectivity index (χ2n) is 8.34. The number of likely N-dealkylation sites (tertiary alicyclic amines) is 1. The van der Waals surface area contributed by atoms with E-state index in [0.717, 1.165) is 42.3 Å². The third-order valence-corrected chi connectivity index (χ3v) is 6.06. The molecular formula is C26H31N3O3. The average molecular weight is 434 g/mol. The van der Waals surface area contributed by atoms with E-state index in [2.05, 4.69) is 16.9 Å². The van der Waals surface area contributed by atoms with Crippen molar-refractivity contribution in [3.63, 3.8) is 0 Å². The summed E-state index contributed by atoms with van der Waals surface area (Å²) in [7, 11) is 1.61. The van der Waals surface area contributed by atoms with E-state index in [-0.39, 0.29) is 5.78 Å². The number of hydrogen-bond acceptors (Lipinski definition) is 5. The molecule has 2 aromatic carbocycles. The number of Topliss-reactive ketones (excluding diaryl/α,β-unsaturated/α-hetero) is 1. The summed E-state index contributed by atoms with van der Waals surface area (Å²) in [5, 5.41) is 4.41. The molecule has 1 aromatic heterocycles. The molecule has 6 heteroatoms. The summed E-state index contributed by atoms with van der Waals surface area (Å²) in [4.78, 5) is 15.1. The fourth-order valence-electron chi connectivity index (χ4n) is 4.13. The molecule has 1 unspecified atom stereocenters. The lowest BCUT2D eigenvalue weighted by Crippen LogP contribution is -2.28. The molecule has 3 aromatic rings. The summed E-state index contributed by atoms with van der Waals surface area (Å²) in [6.45, 7) is 5.35. The Labute approximate surface area is 189 Å². The van der Waals surface area contributed by atoms with Crippen LogP contribution in [0.25, 0.3) is 5.69 Å². The van der Waals surface area contributed by atoms with Crippen LogP contribution >= 0.6 is 0 Å². The smallest absolute Gasteiger partial charge is 0.167 e. The number of ketones is 1. The number of methoxy groups -OCH3 is 1. The van der Waals surface area contributed by atoms with Crippen LogP contribution in [0.3, 0.4) is 0 Å². The normalized spacial score (nSPS) is 16.2.